The van der Waals surface area contributed by atoms with Gasteiger partial charge in [-0.1, -0.05) is 13.8 Å². The second-order valence-corrected chi connectivity index (χ2v) is 7.63. The smallest absolute Gasteiger partial charge is 0.0684 e. The molecule has 2 heterocycles. The number of likely N-dealkylation sites (tertiary alicyclic amines) is 1. The van der Waals surface area contributed by atoms with E-state index in [1.807, 2.05) is 0 Å². The van der Waals surface area contributed by atoms with E-state index in [1.165, 1.54) is 32.2 Å². The van der Waals surface area contributed by atoms with Crippen LogP contribution in [0.15, 0.2) is 0 Å². The zero-order valence-corrected chi connectivity index (χ0v) is 13.9. The normalized spacial score (nSPS) is 39.0. The lowest BCUT2D eigenvalue weighted by atomic mass is 9.55. The van der Waals surface area contributed by atoms with Crippen LogP contribution in [0.2, 0.25) is 0 Å². The van der Waals surface area contributed by atoms with Crippen molar-refractivity contribution in [1.82, 2.24) is 10.2 Å². The van der Waals surface area contributed by atoms with Gasteiger partial charge in [-0.25, -0.2) is 0 Å². The Hall–Kier alpha value is -0.160. The number of rotatable bonds is 6. The third-order valence-corrected chi connectivity index (χ3v) is 5.99. The SMILES string of the molecule is COCCN1CCCC1CNC1C2CCCOC2C1(C)C. The second kappa shape index (κ2) is 6.53. The topological polar surface area (TPSA) is 33.7 Å². The van der Waals surface area contributed by atoms with Crippen LogP contribution in [0.25, 0.3) is 0 Å². The maximum absolute atomic E-state index is 6.00. The van der Waals surface area contributed by atoms with Gasteiger partial charge in [0.05, 0.1) is 12.7 Å². The van der Waals surface area contributed by atoms with Crippen molar-refractivity contribution in [3.8, 4) is 0 Å². The zero-order chi connectivity index (χ0) is 14.9. The van der Waals surface area contributed by atoms with E-state index in [-0.39, 0.29) is 0 Å². The summed E-state index contributed by atoms with van der Waals surface area (Å²) in [6.45, 7) is 9.99. The van der Waals surface area contributed by atoms with E-state index in [4.69, 9.17) is 9.47 Å². The predicted molar refractivity (Wildman–Crippen MR) is 84.5 cm³/mol. The van der Waals surface area contributed by atoms with Crippen molar-refractivity contribution in [2.75, 3.05) is 40.0 Å². The summed E-state index contributed by atoms with van der Waals surface area (Å²) in [4.78, 5) is 2.59. The van der Waals surface area contributed by atoms with Crippen LogP contribution < -0.4 is 5.32 Å². The minimum absolute atomic E-state index is 0.293. The van der Waals surface area contributed by atoms with Crippen LogP contribution in [0, 0.1) is 11.3 Å². The lowest BCUT2D eigenvalue weighted by Crippen LogP contribution is -2.70. The monoisotopic (exact) mass is 296 g/mol. The number of nitrogens with one attached hydrogen (secondary N) is 1. The second-order valence-electron chi connectivity index (χ2n) is 7.63. The first-order valence-corrected chi connectivity index (χ1v) is 8.72. The van der Waals surface area contributed by atoms with Crippen LogP contribution in [-0.4, -0.2) is 63.0 Å². The first kappa shape index (κ1) is 15.7. The van der Waals surface area contributed by atoms with Crippen LogP contribution in [0.3, 0.4) is 0 Å². The van der Waals surface area contributed by atoms with Gasteiger partial charge in [-0.15, -0.1) is 0 Å². The largest absolute Gasteiger partial charge is 0.383 e. The van der Waals surface area contributed by atoms with E-state index < -0.39 is 0 Å². The van der Waals surface area contributed by atoms with E-state index in [2.05, 4.69) is 24.1 Å². The summed E-state index contributed by atoms with van der Waals surface area (Å²) >= 11 is 0. The van der Waals surface area contributed by atoms with Gasteiger partial charge in [0.15, 0.2) is 0 Å². The quantitative estimate of drug-likeness (QED) is 0.811. The van der Waals surface area contributed by atoms with Crippen molar-refractivity contribution in [3.63, 3.8) is 0 Å². The third kappa shape index (κ3) is 3.00. The molecule has 0 spiro atoms. The van der Waals surface area contributed by atoms with Gasteiger partial charge < -0.3 is 14.8 Å². The Bertz CT molecular complexity index is 348. The molecule has 4 nitrogen and oxygen atoms in total. The highest BCUT2D eigenvalue weighted by molar-refractivity contribution is 5.10. The minimum atomic E-state index is 0.293. The first-order valence-electron chi connectivity index (χ1n) is 8.72. The number of hydrogen-bond acceptors (Lipinski definition) is 4. The number of hydrogen-bond donors (Lipinski definition) is 1. The molecule has 0 amide bonds. The Balaban J connectivity index is 1.50. The fourth-order valence-electron chi connectivity index (χ4n) is 4.83. The van der Waals surface area contributed by atoms with E-state index in [9.17, 15) is 0 Å². The van der Waals surface area contributed by atoms with Gasteiger partial charge in [0.2, 0.25) is 0 Å². The average Bonchev–Trinajstić information content (AvgIpc) is 2.92. The molecule has 122 valence electrons. The maximum atomic E-state index is 6.00. The van der Waals surface area contributed by atoms with Crippen molar-refractivity contribution < 1.29 is 9.47 Å². The van der Waals surface area contributed by atoms with E-state index in [0.29, 0.717) is 23.6 Å². The molecule has 2 saturated heterocycles. The molecular weight excluding hydrogens is 264 g/mol. The molecule has 1 N–H and O–H groups in total. The molecule has 2 aliphatic heterocycles. The Kier molecular flexibility index (Phi) is 4.89. The Labute approximate surface area is 129 Å². The van der Waals surface area contributed by atoms with Crippen LogP contribution >= 0.6 is 0 Å². The van der Waals surface area contributed by atoms with Gasteiger partial charge >= 0.3 is 0 Å². The maximum Gasteiger partial charge on any atom is 0.0684 e. The van der Waals surface area contributed by atoms with E-state index in [1.54, 1.807) is 7.11 Å². The van der Waals surface area contributed by atoms with Gasteiger partial charge in [-0.3, -0.25) is 4.90 Å². The summed E-state index contributed by atoms with van der Waals surface area (Å²) < 4.78 is 11.2. The molecule has 3 rings (SSSR count). The fourth-order valence-corrected chi connectivity index (χ4v) is 4.83. The molecule has 4 unspecified atom stereocenters. The number of ether oxygens (including phenoxy) is 2. The van der Waals surface area contributed by atoms with E-state index in [0.717, 1.165) is 32.2 Å². The van der Waals surface area contributed by atoms with E-state index >= 15 is 0 Å². The lowest BCUT2D eigenvalue weighted by Gasteiger charge is -2.60. The van der Waals surface area contributed by atoms with Gasteiger partial charge in [-0.2, -0.15) is 0 Å². The van der Waals surface area contributed by atoms with Crippen molar-refractivity contribution in [3.05, 3.63) is 0 Å². The van der Waals surface area contributed by atoms with Crippen LogP contribution in [0.4, 0.5) is 0 Å². The molecule has 3 aliphatic rings. The molecule has 1 aliphatic carbocycles. The molecule has 0 bridgehead atoms. The van der Waals surface area contributed by atoms with Crippen LogP contribution in [-0.2, 0) is 9.47 Å². The van der Waals surface area contributed by atoms with Crippen molar-refractivity contribution >= 4 is 0 Å². The standard InChI is InChI=1S/C17H32N2O2/c1-17(2)15(14-7-5-10-21-16(14)17)18-12-13-6-4-8-19(13)9-11-20-3/h13-16,18H,4-12H2,1-3H3. The van der Waals surface area contributed by atoms with Crippen molar-refractivity contribution in [1.29, 1.82) is 0 Å². The predicted octanol–water partition coefficient (Wildman–Crippen LogP) is 1.89. The Morgan fingerprint density at radius 3 is 2.95 bits per heavy atom. The molecule has 0 aromatic heterocycles. The number of nitrogens with zero attached hydrogens (tertiary/aromatic N) is 1. The fraction of sp³-hybridized carbons (Fsp3) is 1.00. The molecule has 0 aromatic rings. The molecule has 1 saturated carbocycles. The molecule has 4 atom stereocenters. The summed E-state index contributed by atoms with van der Waals surface area (Å²) in [5.74, 6) is 0.738. The highest BCUT2D eigenvalue weighted by atomic mass is 16.5. The van der Waals surface area contributed by atoms with Gasteiger partial charge in [0, 0.05) is 50.2 Å². The Morgan fingerprint density at radius 2 is 2.14 bits per heavy atom. The van der Waals surface area contributed by atoms with Gasteiger partial charge in [-0.05, 0) is 32.2 Å². The molecule has 0 radical (unpaired) electrons. The summed E-state index contributed by atoms with van der Waals surface area (Å²) in [7, 11) is 1.80. The summed E-state index contributed by atoms with van der Waals surface area (Å²) in [6, 6.07) is 1.33. The molecule has 4 heteroatoms. The zero-order valence-electron chi connectivity index (χ0n) is 13.9. The third-order valence-electron chi connectivity index (χ3n) is 5.99. The summed E-state index contributed by atoms with van der Waals surface area (Å²) in [5, 5.41) is 3.89. The first-order chi connectivity index (χ1) is 10.1. The molecule has 0 aromatic carbocycles. The highest BCUT2D eigenvalue weighted by Gasteiger charge is 2.57. The number of fused-ring (bicyclic) bond motifs is 1. The molecular formula is C17H32N2O2. The van der Waals surface area contributed by atoms with Gasteiger partial charge in [0.1, 0.15) is 0 Å². The van der Waals surface area contributed by atoms with Crippen LogP contribution in [0.5, 0.6) is 0 Å². The average molecular weight is 296 g/mol. The summed E-state index contributed by atoms with van der Waals surface area (Å²) in [6.07, 6.45) is 5.72. The lowest BCUT2D eigenvalue weighted by molar-refractivity contribution is -0.192. The van der Waals surface area contributed by atoms with Crippen molar-refractivity contribution in [2.45, 2.75) is 57.7 Å². The van der Waals surface area contributed by atoms with Crippen molar-refractivity contribution in [2.24, 2.45) is 11.3 Å². The molecule has 3 fully saturated rings. The molecule has 21 heavy (non-hydrogen) atoms. The number of methoxy groups -OCH3 is 1. The highest BCUT2D eigenvalue weighted by Crippen LogP contribution is 2.51. The van der Waals surface area contributed by atoms with Crippen LogP contribution in [0.1, 0.15) is 39.5 Å². The Morgan fingerprint density at radius 1 is 1.29 bits per heavy atom. The minimum Gasteiger partial charge on any atom is -0.383 e. The summed E-state index contributed by atoms with van der Waals surface area (Å²) in [5.41, 5.74) is 0.293. The van der Waals surface area contributed by atoms with Gasteiger partial charge in [0.25, 0.3) is 0 Å².